The molecule has 11 heteroatoms. The zero-order chi connectivity index (χ0) is 22.5. The Morgan fingerprint density at radius 1 is 1.16 bits per heavy atom. The van der Waals surface area contributed by atoms with Crippen LogP contribution in [0.3, 0.4) is 0 Å². The predicted octanol–water partition coefficient (Wildman–Crippen LogP) is 4.53. The largest absolute Gasteiger partial charge is 0.401 e. The van der Waals surface area contributed by atoms with Crippen molar-refractivity contribution in [3.05, 3.63) is 59.9 Å². The number of aromatic amines is 1. The fourth-order valence-corrected chi connectivity index (χ4v) is 3.58. The maximum atomic E-state index is 14.6. The van der Waals surface area contributed by atoms with E-state index in [2.05, 4.69) is 25.7 Å². The Morgan fingerprint density at radius 2 is 1.97 bits per heavy atom. The Hall–Kier alpha value is -3.76. The van der Waals surface area contributed by atoms with Crippen molar-refractivity contribution in [2.75, 3.05) is 5.32 Å². The van der Waals surface area contributed by atoms with E-state index in [-0.39, 0.29) is 36.4 Å². The Balaban J connectivity index is 1.28. The van der Waals surface area contributed by atoms with Gasteiger partial charge in [0.1, 0.15) is 11.2 Å². The van der Waals surface area contributed by atoms with Crippen LogP contribution in [0.4, 0.5) is 23.4 Å². The third kappa shape index (κ3) is 3.49. The Bertz CT molecular complexity index is 1320. The molecule has 0 aliphatic heterocycles. The van der Waals surface area contributed by atoms with E-state index in [9.17, 15) is 22.4 Å². The second-order valence-corrected chi connectivity index (χ2v) is 7.72. The number of carbonyl (C=O) groups is 1. The second-order valence-electron chi connectivity index (χ2n) is 7.72. The van der Waals surface area contributed by atoms with Crippen molar-refractivity contribution in [3.63, 3.8) is 0 Å². The van der Waals surface area contributed by atoms with Gasteiger partial charge in [0.05, 0.1) is 12.6 Å². The molecular formula is C21H15F4N5O2. The normalized spacial score (nSPS) is 15.1. The van der Waals surface area contributed by atoms with Gasteiger partial charge < -0.3 is 9.84 Å². The summed E-state index contributed by atoms with van der Waals surface area (Å²) in [4.78, 5) is 16.5. The summed E-state index contributed by atoms with van der Waals surface area (Å²) in [6, 6.07) is 7.30. The zero-order valence-electron chi connectivity index (χ0n) is 16.3. The number of H-pyrrole nitrogens is 1. The van der Waals surface area contributed by atoms with E-state index >= 15 is 0 Å². The fourth-order valence-electron chi connectivity index (χ4n) is 3.58. The molecule has 1 saturated carbocycles. The van der Waals surface area contributed by atoms with Gasteiger partial charge in [0.25, 0.3) is 0 Å². The highest BCUT2D eigenvalue weighted by Crippen LogP contribution is 2.59. The van der Waals surface area contributed by atoms with Gasteiger partial charge >= 0.3 is 6.18 Å². The number of alkyl halides is 3. The van der Waals surface area contributed by atoms with Gasteiger partial charge in [-0.2, -0.15) is 18.3 Å². The monoisotopic (exact) mass is 445 g/mol. The predicted molar refractivity (Wildman–Crippen MR) is 105 cm³/mol. The van der Waals surface area contributed by atoms with Crippen molar-refractivity contribution in [2.45, 2.75) is 30.9 Å². The lowest BCUT2D eigenvalue weighted by molar-refractivity contribution is -0.165. The van der Waals surface area contributed by atoms with Crippen LogP contribution in [0.15, 0.2) is 47.2 Å². The summed E-state index contributed by atoms with van der Waals surface area (Å²) < 4.78 is 58.9. The van der Waals surface area contributed by atoms with Crippen molar-refractivity contribution in [2.24, 2.45) is 0 Å². The summed E-state index contributed by atoms with van der Waals surface area (Å²) in [6.45, 7) is 0. The maximum absolute atomic E-state index is 14.6. The third-order valence-electron chi connectivity index (χ3n) is 5.57. The molecule has 0 saturated heterocycles. The van der Waals surface area contributed by atoms with Gasteiger partial charge in [0.2, 0.25) is 5.91 Å². The molecule has 0 spiro atoms. The Kier molecular flexibility index (Phi) is 4.50. The first-order valence-corrected chi connectivity index (χ1v) is 9.67. The van der Waals surface area contributed by atoms with Crippen LogP contribution in [-0.2, 0) is 16.6 Å². The first-order chi connectivity index (χ1) is 15.2. The number of anilines is 1. The summed E-state index contributed by atoms with van der Waals surface area (Å²) >= 11 is 0. The molecule has 1 fully saturated rings. The summed E-state index contributed by atoms with van der Waals surface area (Å²) in [6.07, 6.45) is -1.75. The number of hydrogen-bond donors (Lipinski definition) is 2. The second kappa shape index (κ2) is 7.14. The molecule has 3 aromatic heterocycles. The van der Waals surface area contributed by atoms with Crippen LogP contribution in [0.1, 0.15) is 24.2 Å². The number of fused-ring (bicyclic) bond motifs is 1. The number of amides is 1. The summed E-state index contributed by atoms with van der Waals surface area (Å²) in [5, 5.41) is 13.3. The van der Waals surface area contributed by atoms with Gasteiger partial charge in [-0.3, -0.25) is 9.89 Å². The molecule has 32 heavy (non-hydrogen) atoms. The van der Waals surface area contributed by atoms with Crippen LogP contribution >= 0.6 is 0 Å². The molecule has 0 atom stereocenters. The maximum Gasteiger partial charge on any atom is 0.401 e. The first-order valence-electron chi connectivity index (χ1n) is 9.67. The molecule has 7 nitrogen and oxygen atoms in total. The molecule has 5 rings (SSSR count). The molecule has 164 valence electrons. The van der Waals surface area contributed by atoms with Gasteiger partial charge in [-0.25, -0.2) is 9.37 Å². The minimum Gasteiger partial charge on any atom is -0.358 e. The quantitative estimate of drug-likeness (QED) is 0.440. The van der Waals surface area contributed by atoms with Crippen molar-refractivity contribution in [1.29, 1.82) is 0 Å². The highest BCUT2D eigenvalue weighted by Gasteiger charge is 2.66. The number of halogens is 4. The van der Waals surface area contributed by atoms with Gasteiger partial charge in [-0.1, -0.05) is 17.3 Å². The van der Waals surface area contributed by atoms with E-state index in [1.54, 1.807) is 18.5 Å². The van der Waals surface area contributed by atoms with E-state index < -0.39 is 23.3 Å². The van der Waals surface area contributed by atoms with Gasteiger partial charge in [-0.05, 0) is 36.1 Å². The van der Waals surface area contributed by atoms with E-state index in [1.807, 2.05) is 6.07 Å². The standard InChI is InChI=1S/C21H15F4N5O2/c22-15-6-11(13-5-14-10-27-29-19(14)26-9-13)1-2-12(15)7-18(31)28-17-8-16(32-30-17)20(3-4-20)21(23,24)25/h1-2,5-6,8-10H,3-4,7H2,(H,26,27,29)(H,28,30,31). The van der Waals surface area contributed by atoms with Crippen LogP contribution in [0, 0.1) is 5.82 Å². The first kappa shape index (κ1) is 20.2. The van der Waals surface area contributed by atoms with Crippen molar-refractivity contribution >= 4 is 22.8 Å². The molecule has 0 bridgehead atoms. The molecule has 2 N–H and O–H groups in total. The zero-order valence-corrected chi connectivity index (χ0v) is 16.3. The third-order valence-corrected chi connectivity index (χ3v) is 5.57. The highest BCUT2D eigenvalue weighted by atomic mass is 19.4. The van der Waals surface area contributed by atoms with Gasteiger partial charge in [0, 0.05) is 23.2 Å². The number of aromatic nitrogens is 4. The molecule has 1 aromatic carbocycles. The van der Waals surface area contributed by atoms with Crippen LogP contribution in [-0.4, -0.2) is 32.4 Å². The van der Waals surface area contributed by atoms with Gasteiger partial charge in [0.15, 0.2) is 17.2 Å². The summed E-state index contributed by atoms with van der Waals surface area (Å²) in [5.41, 5.74) is -0.0327. The smallest absolute Gasteiger partial charge is 0.358 e. The van der Waals surface area contributed by atoms with Crippen LogP contribution in [0.25, 0.3) is 22.2 Å². The number of nitrogens with one attached hydrogen (secondary N) is 2. The Morgan fingerprint density at radius 3 is 2.69 bits per heavy atom. The average Bonchev–Trinajstić information content (AvgIpc) is 3.22. The number of carbonyl (C=O) groups excluding carboxylic acids is 1. The van der Waals surface area contributed by atoms with E-state index in [4.69, 9.17) is 4.52 Å². The average molecular weight is 445 g/mol. The minimum atomic E-state index is -4.45. The fraction of sp³-hybridized carbons (Fsp3) is 0.238. The molecule has 1 amide bonds. The highest BCUT2D eigenvalue weighted by molar-refractivity contribution is 5.91. The molecule has 1 aliphatic carbocycles. The van der Waals surface area contributed by atoms with Crippen molar-refractivity contribution < 1.29 is 26.9 Å². The number of benzene rings is 1. The van der Waals surface area contributed by atoms with Crippen molar-refractivity contribution in [3.8, 4) is 11.1 Å². The van der Waals surface area contributed by atoms with E-state index in [0.717, 1.165) is 11.5 Å². The lowest BCUT2D eigenvalue weighted by Gasteiger charge is -2.14. The van der Waals surface area contributed by atoms with Crippen molar-refractivity contribution in [1.82, 2.24) is 20.3 Å². The molecule has 0 unspecified atom stereocenters. The summed E-state index contributed by atoms with van der Waals surface area (Å²) in [7, 11) is 0. The number of hydrogen-bond acceptors (Lipinski definition) is 5. The molecule has 1 aliphatic rings. The number of rotatable bonds is 5. The Labute approximate surface area is 177 Å². The molecule has 0 radical (unpaired) electrons. The number of pyridine rings is 1. The molecular weight excluding hydrogens is 430 g/mol. The molecule has 4 aromatic rings. The lowest BCUT2D eigenvalue weighted by Crippen LogP contribution is -2.28. The summed E-state index contributed by atoms with van der Waals surface area (Å²) in [5.74, 6) is -1.70. The van der Waals surface area contributed by atoms with Gasteiger partial charge in [-0.15, -0.1) is 0 Å². The molecule has 3 heterocycles. The van der Waals surface area contributed by atoms with Crippen LogP contribution < -0.4 is 5.32 Å². The topological polar surface area (TPSA) is 96.7 Å². The lowest BCUT2D eigenvalue weighted by atomic mass is 10.0. The number of nitrogens with zero attached hydrogens (tertiary/aromatic N) is 3. The van der Waals surface area contributed by atoms with E-state index in [0.29, 0.717) is 16.8 Å². The van der Waals surface area contributed by atoms with Crippen LogP contribution in [0.2, 0.25) is 0 Å². The van der Waals surface area contributed by atoms with Crippen LogP contribution in [0.5, 0.6) is 0 Å². The SMILES string of the molecule is O=C(Cc1ccc(-c2cnc3[nH]ncc3c2)cc1F)Nc1cc(C2(C(F)(F)F)CC2)on1. The van der Waals surface area contributed by atoms with E-state index in [1.165, 1.54) is 12.1 Å². The minimum absolute atomic E-state index is 0.0836.